The number of nitrogens with zero attached hydrogens (tertiary/aromatic N) is 4. The van der Waals surface area contributed by atoms with Crippen molar-refractivity contribution in [3.63, 3.8) is 0 Å². The fourth-order valence-corrected chi connectivity index (χ4v) is 3.44. The fraction of sp³-hybridized carbons (Fsp3) is 0.588. The summed E-state index contributed by atoms with van der Waals surface area (Å²) in [6.07, 6.45) is -0.762. The van der Waals surface area contributed by atoms with Crippen molar-refractivity contribution in [3.8, 4) is 0 Å². The standard InChI is InChI=1S/C17H21F3N4O2/c18-17(19,20)12-22-5-7-23(8-6-22)16(26)14-9-15(25)24(11-14)10-13-1-3-21-4-2-13/h1-4,14H,5-12H2/t14-/m0/s1. The van der Waals surface area contributed by atoms with Gasteiger partial charge in [0, 0.05) is 58.1 Å². The minimum absolute atomic E-state index is 0.0733. The Kier molecular flexibility index (Phi) is 5.45. The summed E-state index contributed by atoms with van der Waals surface area (Å²) in [7, 11) is 0. The molecule has 1 aromatic heterocycles. The summed E-state index contributed by atoms with van der Waals surface area (Å²) in [6.45, 7) is 0.775. The van der Waals surface area contributed by atoms with Gasteiger partial charge in [0.05, 0.1) is 12.5 Å². The number of hydrogen-bond donors (Lipinski definition) is 0. The summed E-state index contributed by atoms with van der Waals surface area (Å²) in [6, 6.07) is 3.64. The Morgan fingerprint density at radius 3 is 2.42 bits per heavy atom. The van der Waals surface area contributed by atoms with Crippen LogP contribution in [0.2, 0.25) is 0 Å². The second-order valence-electron chi connectivity index (χ2n) is 6.75. The maximum absolute atomic E-state index is 12.6. The van der Waals surface area contributed by atoms with Gasteiger partial charge in [0.1, 0.15) is 0 Å². The number of rotatable bonds is 4. The van der Waals surface area contributed by atoms with Gasteiger partial charge >= 0.3 is 6.18 Å². The first-order chi connectivity index (χ1) is 12.3. The summed E-state index contributed by atoms with van der Waals surface area (Å²) in [5.41, 5.74) is 0.946. The predicted molar refractivity (Wildman–Crippen MR) is 86.8 cm³/mol. The lowest BCUT2D eigenvalue weighted by atomic mass is 10.1. The Hall–Kier alpha value is -2.16. The van der Waals surface area contributed by atoms with Crippen LogP contribution in [0.4, 0.5) is 13.2 Å². The zero-order valence-corrected chi connectivity index (χ0v) is 14.3. The molecular weight excluding hydrogens is 349 g/mol. The Morgan fingerprint density at radius 1 is 1.15 bits per heavy atom. The average molecular weight is 370 g/mol. The summed E-state index contributed by atoms with van der Waals surface area (Å²) in [4.78, 5) is 33.3. The monoisotopic (exact) mass is 370 g/mol. The molecule has 2 aliphatic heterocycles. The summed E-state index contributed by atoms with van der Waals surface area (Å²) >= 11 is 0. The first-order valence-corrected chi connectivity index (χ1v) is 8.56. The minimum Gasteiger partial charge on any atom is -0.340 e. The molecule has 0 aliphatic carbocycles. The largest absolute Gasteiger partial charge is 0.401 e. The van der Waals surface area contributed by atoms with Gasteiger partial charge in [-0.1, -0.05) is 0 Å². The number of likely N-dealkylation sites (tertiary alicyclic amines) is 1. The van der Waals surface area contributed by atoms with E-state index < -0.39 is 18.6 Å². The number of aromatic nitrogens is 1. The van der Waals surface area contributed by atoms with Crippen LogP contribution in [0.15, 0.2) is 24.5 Å². The highest BCUT2D eigenvalue weighted by atomic mass is 19.4. The lowest BCUT2D eigenvalue weighted by molar-refractivity contribution is -0.152. The zero-order valence-electron chi connectivity index (χ0n) is 14.3. The number of carbonyl (C=O) groups is 2. The smallest absolute Gasteiger partial charge is 0.340 e. The van der Waals surface area contributed by atoms with Crippen LogP contribution >= 0.6 is 0 Å². The number of hydrogen-bond acceptors (Lipinski definition) is 4. The highest BCUT2D eigenvalue weighted by Crippen LogP contribution is 2.23. The summed E-state index contributed by atoms with van der Waals surface area (Å²) < 4.78 is 37.3. The van der Waals surface area contributed by atoms with Crippen molar-refractivity contribution >= 4 is 11.8 Å². The van der Waals surface area contributed by atoms with E-state index in [2.05, 4.69) is 4.98 Å². The van der Waals surface area contributed by atoms with E-state index in [0.29, 0.717) is 13.1 Å². The van der Waals surface area contributed by atoms with Crippen molar-refractivity contribution in [2.75, 3.05) is 39.3 Å². The lowest BCUT2D eigenvalue weighted by Gasteiger charge is -2.36. The predicted octanol–water partition coefficient (Wildman–Crippen LogP) is 1.14. The van der Waals surface area contributed by atoms with Crippen LogP contribution in [-0.4, -0.2) is 76.9 Å². The van der Waals surface area contributed by atoms with E-state index in [9.17, 15) is 22.8 Å². The van der Waals surface area contributed by atoms with Gasteiger partial charge in [-0.15, -0.1) is 0 Å². The molecule has 0 spiro atoms. The van der Waals surface area contributed by atoms with Crippen molar-refractivity contribution < 1.29 is 22.8 Å². The molecule has 0 bridgehead atoms. The first kappa shape index (κ1) is 18.6. The Labute approximate surface area is 149 Å². The third-order valence-corrected chi connectivity index (χ3v) is 4.77. The molecule has 0 radical (unpaired) electrons. The number of halogens is 3. The van der Waals surface area contributed by atoms with Gasteiger partial charge < -0.3 is 9.80 Å². The highest BCUT2D eigenvalue weighted by molar-refractivity contribution is 5.89. The van der Waals surface area contributed by atoms with Crippen LogP contribution in [0.3, 0.4) is 0 Å². The molecule has 9 heteroatoms. The molecule has 26 heavy (non-hydrogen) atoms. The number of pyridine rings is 1. The minimum atomic E-state index is -4.22. The Bertz CT molecular complexity index is 645. The van der Waals surface area contributed by atoms with E-state index in [0.717, 1.165) is 5.56 Å². The number of carbonyl (C=O) groups excluding carboxylic acids is 2. The maximum atomic E-state index is 12.6. The molecular formula is C17H21F3N4O2. The van der Waals surface area contributed by atoms with E-state index in [-0.39, 0.29) is 44.4 Å². The van der Waals surface area contributed by atoms with Crippen molar-refractivity contribution in [2.45, 2.75) is 19.1 Å². The van der Waals surface area contributed by atoms with Crippen molar-refractivity contribution in [1.29, 1.82) is 0 Å². The van der Waals surface area contributed by atoms with Crippen LogP contribution in [-0.2, 0) is 16.1 Å². The van der Waals surface area contributed by atoms with Crippen LogP contribution in [0.1, 0.15) is 12.0 Å². The summed E-state index contributed by atoms with van der Waals surface area (Å²) in [5, 5.41) is 0. The van der Waals surface area contributed by atoms with Gasteiger partial charge in [0.15, 0.2) is 0 Å². The van der Waals surface area contributed by atoms with Crippen LogP contribution in [0.5, 0.6) is 0 Å². The molecule has 0 unspecified atom stereocenters. The van der Waals surface area contributed by atoms with Gasteiger partial charge in [-0.3, -0.25) is 19.5 Å². The molecule has 3 rings (SSSR count). The first-order valence-electron chi connectivity index (χ1n) is 8.56. The van der Waals surface area contributed by atoms with Gasteiger partial charge in [-0.05, 0) is 17.7 Å². The lowest BCUT2D eigenvalue weighted by Crippen LogP contribution is -2.52. The normalized spacial score (nSPS) is 22.1. The molecule has 1 aromatic rings. The number of alkyl halides is 3. The molecule has 0 saturated carbocycles. The van der Waals surface area contributed by atoms with Gasteiger partial charge in [-0.25, -0.2) is 0 Å². The van der Waals surface area contributed by atoms with Gasteiger partial charge in [-0.2, -0.15) is 13.2 Å². The van der Waals surface area contributed by atoms with Crippen molar-refractivity contribution in [3.05, 3.63) is 30.1 Å². The van der Waals surface area contributed by atoms with Crippen LogP contribution in [0, 0.1) is 5.92 Å². The van der Waals surface area contributed by atoms with E-state index in [4.69, 9.17) is 0 Å². The number of amides is 2. The highest BCUT2D eigenvalue weighted by Gasteiger charge is 2.38. The third kappa shape index (κ3) is 4.72. The average Bonchev–Trinajstić information content (AvgIpc) is 2.95. The van der Waals surface area contributed by atoms with Crippen LogP contribution in [0.25, 0.3) is 0 Å². The molecule has 2 aliphatic rings. The van der Waals surface area contributed by atoms with Crippen LogP contribution < -0.4 is 0 Å². The second-order valence-corrected chi connectivity index (χ2v) is 6.75. The molecule has 0 N–H and O–H groups in total. The van der Waals surface area contributed by atoms with Gasteiger partial charge in [0.2, 0.25) is 11.8 Å². The molecule has 2 fully saturated rings. The third-order valence-electron chi connectivity index (χ3n) is 4.77. The SMILES string of the molecule is O=C1C[C@H](C(=O)N2CCN(CC(F)(F)F)CC2)CN1Cc1ccncc1. The maximum Gasteiger partial charge on any atom is 0.401 e. The fourth-order valence-electron chi connectivity index (χ4n) is 3.44. The zero-order chi connectivity index (χ0) is 18.7. The second kappa shape index (κ2) is 7.61. The quantitative estimate of drug-likeness (QED) is 0.798. The van der Waals surface area contributed by atoms with E-state index in [1.165, 1.54) is 4.90 Å². The van der Waals surface area contributed by atoms with Crippen molar-refractivity contribution in [1.82, 2.24) is 19.7 Å². The molecule has 2 saturated heterocycles. The van der Waals surface area contributed by atoms with E-state index >= 15 is 0 Å². The van der Waals surface area contributed by atoms with Gasteiger partial charge in [0.25, 0.3) is 0 Å². The molecule has 2 amide bonds. The summed E-state index contributed by atoms with van der Waals surface area (Å²) in [5.74, 6) is -0.628. The molecule has 6 nitrogen and oxygen atoms in total. The molecule has 3 heterocycles. The Morgan fingerprint density at radius 2 is 1.81 bits per heavy atom. The molecule has 1 atom stereocenters. The number of piperazine rings is 1. The van der Waals surface area contributed by atoms with E-state index in [1.807, 2.05) is 12.1 Å². The topological polar surface area (TPSA) is 56.8 Å². The van der Waals surface area contributed by atoms with E-state index in [1.54, 1.807) is 22.2 Å². The Balaban J connectivity index is 1.51. The van der Waals surface area contributed by atoms with Crippen molar-refractivity contribution in [2.24, 2.45) is 5.92 Å². The molecule has 0 aromatic carbocycles. The molecule has 142 valence electrons.